The topological polar surface area (TPSA) is 85.7 Å². The van der Waals surface area contributed by atoms with Crippen LogP contribution in [0.5, 0.6) is 0 Å². The molecule has 2 fully saturated rings. The zero-order chi connectivity index (χ0) is 21.6. The molecule has 2 aromatic carbocycles. The number of hydrazine groups is 1. The Kier molecular flexibility index (Phi) is 6.67. The van der Waals surface area contributed by atoms with E-state index in [2.05, 4.69) is 5.43 Å². The highest BCUT2D eigenvalue weighted by atomic mass is 32.2. The molecule has 0 spiro atoms. The van der Waals surface area contributed by atoms with Crippen molar-refractivity contribution < 1.29 is 14.3 Å². The fraction of sp³-hybridized carbons (Fsp3) is 0.261. The van der Waals surface area contributed by atoms with Gasteiger partial charge in [0, 0.05) is 18.8 Å². The SMILES string of the molecule is N#C/C(C(=O)NN1CCOCC1)=C1\SC(Cc2ccccc2)C(=O)N1c1ccccc1. The number of benzene rings is 2. The Morgan fingerprint density at radius 2 is 1.74 bits per heavy atom. The van der Waals surface area contributed by atoms with E-state index in [9.17, 15) is 14.9 Å². The van der Waals surface area contributed by atoms with Crippen LogP contribution in [0.1, 0.15) is 5.56 Å². The van der Waals surface area contributed by atoms with Crippen LogP contribution < -0.4 is 10.3 Å². The van der Waals surface area contributed by atoms with Gasteiger partial charge in [-0.05, 0) is 24.1 Å². The summed E-state index contributed by atoms with van der Waals surface area (Å²) in [6.07, 6.45) is 0.515. The molecule has 1 atom stereocenters. The third-order valence-corrected chi connectivity index (χ3v) is 6.32. The van der Waals surface area contributed by atoms with Gasteiger partial charge in [-0.1, -0.05) is 60.3 Å². The minimum atomic E-state index is -0.513. The Morgan fingerprint density at radius 3 is 2.39 bits per heavy atom. The number of rotatable bonds is 5. The van der Waals surface area contributed by atoms with Crippen LogP contribution in [0.25, 0.3) is 0 Å². The summed E-state index contributed by atoms with van der Waals surface area (Å²) in [7, 11) is 0. The van der Waals surface area contributed by atoms with Crippen molar-refractivity contribution in [3.05, 3.63) is 76.8 Å². The van der Waals surface area contributed by atoms with Gasteiger partial charge < -0.3 is 4.74 Å². The van der Waals surface area contributed by atoms with Crippen molar-refractivity contribution in [2.75, 3.05) is 31.2 Å². The molecule has 0 radical (unpaired) electrons. The summed E-state index contributed by atoms with van der Waals surface area (Å²) in [5, 5.41) is 11.5. The highest BCUT2D eigenvalue weighted by Gasteiger charge is 2.40. The van der Waals surface area contributed by atoms with E-state index in [0.29, 0.717) is 43.4 Å². The number of nitrogens with zero attached hydrogens (tertiary/aromatic N) is 3. The number of morpholine rings is 1. The van der Waals surface area contributed by atoms with Gasteiger partial charge in [0.05, 0.1) is 18.5 Å². The van der Waals surface area contributed by atoms with Crippen LogP contribution in [-0.2, 0) is 20.7 Å². The molecule has 2 saturated heterocycles. The first-order valence-corrected chi connectivity index (χ1v) is 10.9. The summed E-state index contributed by atoms with van der Waals surface area (Å²) in [6, 6.07) is 20.9. The minimum Gasteiger partial charge on any atom is -0.379 e. The molecule has 0 aliphatic carbocycles. The number of hydrogen-bond acceptors (Lipinski definition) is 6. The quantitative estimate of drug-likeness (QED) is 0.575. The van der Waals surface area contributed by atoms with E-state index in [0.717, 1.165) is 5.56 Å². The molecule has 8 heteroatoms. The smallest absolute Gasteiger partial charge is 0.278 e. The molecule has 0 saturated carbocycles. The molecule has 158 valence electrons. The molecule has 2 heterocycles. The first-order valence-electron chi connectivity index (χ1n) is 10.0. The van der Waals surface area contributed by atoms with E-state index >= 15 is 0 Å². The number of carbonyl (C=O) groups is 2. The lowest BCUT2D eigenvalue weighted by Crippen LogP contribution is -2.49. The monoisotopic (exact) mass is 434 g/mol. The van der Waals surface area contributed by atoms with Gasteiger partial charge in [0.2, 0.25) is 5.91 Å². The molecule has 1 N–H and O–H groups in total. The summed E-state index contributed by atoms with van der Waals surface area (Å²) >= 11 is 1.27. The minimum absolute atomic E-state index is 0.0655. The van der Waals surface area contributed by atoms with Gasteiger partial charge in [0.25, 0.3) is 5.91 Å². The van der Waals surface area contributed by atoms with Crippen LogP contribution >= 0.6 is 11.8 Å². The number of ether oxygens (including phenoxy) is 1. The van der Waals surface area contributed by atoms with E-state index in [4.69, 9.17) is 4.74 Å². The molecular formula is C23H22N4O3S. The van der Waals surface area contributed by atoms with Crippen molar-refractivity contribution in [2.45, 2.75) is 11.7 Å². The Hall–Kier alpha value is -3.12. The van der Waals surface area contributed by atoms with Gasteiger partial charge in [0.1, 0.15) is 16.7 Å². The fourth-order valence-electron chi connectivity index (χ4n) is 3.50. The number of amides is 2. The third kappa shape index (κ3) is 4.80. The molecule has 0 aromatic heterocycles. The zero-order valence-electron chi connectivity index (χ0n) is 16.9. The average molecular weight is 435 g/mol. The number of para-hydroxylation sites is 1. The molecule has 7 nitrogen and oxygen atoms in total. The van der Waals surface area contributed by atoms with Crippen LogP contribution in [0.2, 0.25) is 0 Å². The highest BCUT2D eigenvalue weighted by molar-refractivity contribution is 8.05. The first kappa shape index (κ1) is 21.1. The summed E-state index contributed by atoms with van der Waals surface area (Å²) in [5.41, 5.74) is 4.38. The normalized spacial score (nSPS) is 20.9. The molecule has 2 aliphatic heterocycles. The van der Waals surface area contributed by atoms with Crippen molar-refractivity contribution in [1.29, 1.82) is 5.26 Å². The van der Waals surface area contributed by atoms with Crippen molar-refractivity contribution in [2.24, 2.45) is 0 Å². The van der Waals surface area contributed by atoms with Gasteiger partial charge in [0.15, 0.2) is 0 Å². The largest absolute Gasteiger partial charge is 0.379 e. The maximum Gasteiger partial charge on any atom is 0.278 e. The van der Waals surface area contributed by atoms with Gasteiger partial charge >= 0.3 is 0 Å². The average Bonchev–Trinajstić information content (AvgIpc) is 3.11. The van der Waals surface area contributed by atoms with Crippen LogP contribution in [0.15, 0.2) is 71.3 Å². The van der Waals surface area contributed by atoms with E-state index in [1.165, 1.54) is 16.7 Å². The van der Waals surface area contributed by atoms with Gasteiger partial charge in [-0.2, -0.15) is 5.26 Å². The predicted molar refractivity (Wildman–Crippen MR) is 119 cm³/mol. The Labute approximate surface area is 185 Å². The van der Waals surface area contributed by atoms with E-state index in [1.54, 1.807) is 17.1 Å². The lowest BCUT2D eigenvalue weighted by molar-refractivity contribution is -0.123. The van der Waals surface area contributed by atoms with Crippen LogP contribution in [-0.4, -0.2) is 48.4 Å². The number of anilines is 1. The van der Waals surface area contributed by atoms with Crippen molar-refractivity contribution in [3.8, 4) is 6.07 Å². The first-order chi connectivity index (χ1) is 15.2. The van der Waals surface area contributed by atoms with Crippen LogP contribution in [0.4, 0.5) is 5.69 Å². The standard InChI is InChI=1S/C23H22N4O3S/c24-16-19(21(28)25-26-11-13-30-14-12-26)23-27(18-9-5-2-6-10-18)22(29)20(31-23)15-17-7-3-1-4-8-17/h1-10,20H,11-15H2,(H,25,28)/b23-19+. The number of nitriles is 1. The maximum absolute atomic E-state index is 13.4. The third-order valence-electron chi connectivity index (χ3n) is 5.05. The molecule has 2 amide bonds. The molecule has 31 heavy (non-hydrogen) atoms. The highest BCUT2D eigenvalue weighted by Crippen LogP contribution is 2.41. The Bertz CT molecular complexity index is 1010. The van der Waals surface area contributed by atoms with E-state index in [1.807, 2.05) is 54.6 Å². The molecular weight excluding hydrogens is 412 g/mol. The molecule has 1 unspecified atom stereocenters. The summed E-state index contributed by atoms with van der Waals surface area (Å²) in [6.45, 7) is 2.12. The Balaban J connectivity index is 1.66. The summed E-state index contributed by atoms with van der Waals surface area (Å²) in [5.74, 6) is -0.650. The number of hydrogen-bond donors (Lipinski definition) is 1. The second-order valence-corrected chi connectivity index (χ2v) is 8.33. The van der Waals surface area contributed by atoms with Crippen molar-refractivity contribution in [3.63, 3.8) is 0 Å². The van der Waals surface area contributed by atoms with Crippen molar-refractivity contribution in [1.82, 2.24) is 10.4 Å². The second kappa shape index (κ2) is 9.79. The zero-order valence-corrected chi connectivity index (χ0v) is 17.7. The van der Waals surface area contributed by atoms with Crippen LogP contribution in [0, 0.1) is 11.3 Å². The molecule has 4 rings (SSSR count). The molecule has 0 bridgehead atoms. The lowest BCUT2D eigenvalue weighted by Gasteiger charge is -2.27. The number of thioether (sulfide) groups is 1. The predicted octanol–water partition coefficient (Wildman–Crippen LogP) is 2.48. The molecule has 2 aromatic rings. The number of nitrogens with one attached hydrogen (secondary N) is 1. The molecule has 2 aliphatic rings. The maximum atomic E-state index is 13.4. The van der Waals surface area contributed by atoms with Crippen LogP contribution in [0.3, 0.4) is 0 Å². The Morgan fingerprint density at radius 1 is 1.10 bits per heavy atom. The van der Waals surface area contributed by atoms with E-state index < -0.39 is 11.2 Å². The fourth-order valence-corrected chi connectivity index (χ4v) is 4.81. The number of carbonyl (C=O) groups excluding carboxylic acids is 2. The second-order valence-electron chi connectivity index (χ2n) is 7.14. The van der Waals surface area contributed by atoms with E-state index in [-0.39, 0.29) is 11.5 Å². The summed E-state index contributed by atoms with van der Waals surface area (Å²) < 4.78 is 5.30. The van der Waals surface area contributed by atoms with Crippen molar-refractivity contribution >= 4 is 29.3 Å². The lowest BCUT2D eigenvalue weighted by atomic mass is 10.1. The van der Waals surface area contributed by atoms with Gasteiger partial charge in [-0.15, -0.1) is 0 Å². The summed E-state index contributed by atoms with van der Waals surface area (Å²) in [4.78, 5) is 27.8. The van der Waals surface area contributed by atoms with Gasteiger partial charge in [-0.25, -0.2) is 5.01 Å². The van der Waals surface area contributed by atoms with Gasteiger partial charge in [-0.3, -0.25) is 19.9 Å².